The Morgan fingerprint density at radius 2 is 2.00 bits per heavy atom. The maximum absolute atomic E-state index is 11.4. The van der Waals surface area contributed by atoms with Gasteiger partial charge in [-0.2, -0.15) is 0 Å². The number of aliphatic hydroxyl groups excluding tert-OH is 1. The topological polar surface area (TPSA) is 86.6 Å². The van der Waals surface area contributed by atoms with Crippen LogP contribution in [0.3, 0.4) is 0 Å². The van der Waals surface area contributed by atoms with Crippen molar-refractivity contribution in [3.8, 4) is 0 Å². The van der Waals surface area contributed by atoms with Crippen molar-refractivity contribution in [3.63, 3.8) is 0 Å². The molecule has 0 aromatic heterocycles. The van der Waals surface area contributed by atoms with Crippen molar-refractivity contribution >= 4 is 5.78 Å². The molecule has 0 saturated heterocycles. The van der Waals surface area contributed by atoms with Crippen molar-refractivity contribution < 1.29 is 34.2 Å². The number of carbonyl (C=O) groups is 1. The van der Waals surface area contributed by atoms with E-state index in [4.69, 9.17) is 7.71 Å². The molecule has 1 rings (SSSR count). The van der Waals surface area contributed by atoms with Gasteiger partial charge in [-0.25, -0.2) is 0 Å². The van der Waals surface area contributed by atoms with Crippen LogP contribution in [0.1, 0.15) is 20.3 Å². The van der Waals surface area contributed by atoms with Gasteiger partial charge in [-0.3, -0.25) is 4.79 Å². The van der Waals surface area contributed by atoms with Crippen molar-refractivity contribution in [2.75, 3.05) is 6.61 Å². The minimum absolute atomic E-state index is 0.00385. The quantitative estimate of drug-likeness (QED) is 0.657. The summed E-state index contributed by atoms with van der Waals surface area (Å²) in [6, 6.07) is 0.00426. The van der Waals surface area contributed by atoms with E-state index in [9.17, 15) is 9.90 Å². The molecule has 0 fully saturated rings. The number of rotatable bonds is 5. The van der Waals surface area contributed by atoms with Crippen LogP contribution in [-0.4, -0.2) is 27.6 Å². The van der Waals surface area contributed by atoms with Crippen LogP contribution < -0.4 is 5.32 Å². The fourth-order valence-corrected chi connectivity index (χ4v) is 1.48. The van der Waals surface area contributed by atoms with E-state index < -0.39 is 16.6 Å². The number of nitrogens with one attached hydrogen (secondary N) is 1. The van der Waals surface area contributed by atoms with Gasteiger partial charge < -0.3 is 10.4 Å². The van der Waals surface area contributed by atoms with Crippen molar-refractivity contribution in [2.24, 2.45) is 5.92 Å². The second-order valence-corrected chi connectivity index (χ2v) is 4.36. The zero-order valence-electron chi connectivity index (χ0n) is 11.1. The number of aliphatic hydroxyl groups is 1. The Hall–Kier alpha value is -1.01. The molecule has 0 heterocycles. The van der Waals surface area contributed by atoms with E-state index in [-0.39, 0.29) is 18.4 Å². The normalized spacial score (nSPS) is 18.5. The molecular formula is C13H20NO4V. The van der Waals surface area contributed by atoms with Gasteiger partial charge in [0.15, 0.2) is 5.78 Å². The number of allylic oxidation sites excluding steroid dienone is 5. The predicted molar refractivity (Wildman–Crippen MR) is 67.7 cm³/mol. The molecule has 3 N–H and O–H groups in total. The summed E-state index contributed by atoms with van der Waals surface area (Å²) in [5.74, 6) is 0.371. The first-order valence-corrected chi connectivity index (χ1v) is 7.23. The average molecular weight is 305 g/mol. The minimum atomic E-state index is -1.56. The fourth-order valence-electron chi connectivity index (χ4n) is 1.48. The van der Waals surface area contributed by atoms with E-state index in [1.165, 1.54) is 6.08 Å². The van der Waals surface area contributed by atoms with Crippen molar-refractivity contribution in [3.05, 3.63) is 36.1 Å². The summed E-state index contributed by atoms with van der Waals surface area (Å²) in [4.78, 5) is 11.4. The van der Waals surface area contributed by atoms with E-state index in [0.29, 0.717) is 11.5 Å². The van der Waals surface area contributed by atoms with Gasteiger partial charge in [-0.05, 0) is 18.1 Å². The van der Waals surface area contributed by atoms with Crippen LogP contribution in [-0.2, 0) is 25.1 Å². The predicted octanol–water partition coefficient (Wildman–Crippen LogP) is 0.884. The average Bonchev–Trinajstić information content (AvgIpc) is 2.42. The van der Waals surface area contributed by atoms with Crippen molar-refractivity contribution in [1.29, 1.82) is 0 Å². The van der Waals surface area contributed by atoms with Gasteiger partial charge in [-0.15, -0.1) is 0 Å². The Balaban J connectivity index is 0.000000982. The van der Waals surface area contributed by atoms with Crippen LogP contribution in [0.15, 0.2) is 36.1 Å². The molecule has 0 aromatic rings. The first kappa shape index (κ1) is 18.0. The van der Waals surface area contributed by atoms with Crippen LogP contribution in [0.2, 0.25) is 0 Å². The molecule has 0 spiro atoms. The second kappa shape index (κ2) is 10.9. The first-order valence-electron chi connectivity index (χ1n) is 6.03. The summed E-state index contributed by atoms with van der Waals surface area (Å²) in [6.07, 6.45) is 9.52. The van der Waals surface area contributed by atoms with E-state index in [1.54, 1.807) is 18.4 Å². The molecule has 1 aliphatic carbocycles. The number of hydrogen-bond acceptors (Lipinski definition) is 4. The molecule has 5 nitrogen and oxygen atoms in total. The van der Waals surface area contributed by atoms with Crippen molar-refractivity contribution in [2.45, 2.75) is 26.3 Å². The van der Waals surface area contributed by atoms with Gasteiger partial charge in [0.2, 0.25) is 0 Å². The summed E-state index contributed by atoms with van der Waals surface area (Å²) >= 11 is -1.56. The molecule has 2 atom stereocenters. The molecule has 0 amide bonds. The van der Waals surface area contributed by atoms with Crippen LogP contribution in [0.4, 0.5) is 0 Å². The first-order chi connectivity index (χ1) is 9.10. The van der Waals surface area contributed by atoms with Crippen LogP contribution >= 0.6 is 0 Å². The molecule has 0 bridgehead atoms. The van der Waals surface area contributed by atoms with E-state index in [2.05, 4.69) is 19.2 Å². The van der Waals surface area contributed by atoms with Gasteiger partial charge in [0.1, 0.15) is 0 Å². The SMILES string of the molecule is CC[C@H](C)[C@@H](CO)N/C=C1/C=CC=CC1=O.[O]=[V][OH]. The summed E-state index contributed by atoms with van der Waals surface area (Å²) in [5, 5.41) is 12.3. The molecule has 0 aliphatic heterocycles. The Labute approximate surface area is 120 Å². The van der Waals surface area contributed by atoms with E-state index >= 15 is 0 Å². The Bertz CT molecular complexity index is 377. The van der Waals surface area contributed by atoms with Gasteiger partial charge >= 0.3 is 24.3 Å². The third kappa shape index (κ3) is 7.23. The standard InChI is InChI=1S/C13H19NO2.H2O.O.V/c1-3-10(2)12(9-15)14-8-11-6-4-5-7-13(11)16;;;/h4-8,10,12,14-15H,3,9H2,1-2H3;1H2;;/q;;;+1/p-1/b11-8-;;;/t10-,12+;;;/m0.../s1. The fraction of sp³-hybridized carbons (Fsp3) is 0.462. The number of hydrogen-bond donors (Lipinski definition) is 3. The Morgan fingerprint density at radius 3 is 2.47 bits per heavy atom. The molecule has 0 saturated carbocycles. The second-order valence-electron chi connectivity index (χ2n) is 4.11. The third-order valence-electron chi connectivity index (χ3n) is 2.90. The molecule has 19 heavy (non-hydrogen) atoms. The molecule has 0 unspecified atom stereocenters. The third-order valence-corrected chi connectivity index (χ3v) is 2.90. The number of carbonyl (C=O) groups excluding carboxylic acids is 1. The molecule has 6 heteroatoms. The molecule has 1 aliphatic rings. The van der Waals surface area contributed by atoms with Crippen LogP contribution in [0, 0.1) is 5.92 Å². The number of ketones is 1. The zero-order chi connectivity index (χ0) is 14.7. The summed E-state index contributed by atoms with van der Waals surface area (Å²) in [7, 11) is 0. The van der Waals surface area contributed by atoms with Crippen LogP contribution in [0.5, 0.6) is 0 Å². The molecule has 106 valence electrons. The van der Waals surface area contributed by atoms with E-state index in [0.717, 1.165) is 6.42 Å². The molecule has 0 radical (unpaired) electrons. The summed E-state index contributed by atoms with van der Waals surface area (Å²) in [5.41, 5.74) is 0.629. The van der Waals surface area contributed by atoms with Gasteiger partial charge in [0.25, 0.3) is 0 Å². The van der Waals surface area contributed by atoms with Gasteiger partial charge in [-0.1, -0.05) is 32.4 Å². The monoisotopic (exact) mass is 305 g/mol. The summed E-state index contributed by atoms with van der Waals surface area (Å²) in [6.45, 7) is 4.23. The van der Waals surface area contributed by atoms with Crippen molar-refractivity contribution in [1.82, 2.24) is 5.32 Å². The molecule has 0 aromatic carbocycles. The maximum atomic E-state index is 11.4. The van der Waals surface area contributed by atoms with Gasteiger partial charge in [0, 0.05) is 11.8 Å². The Kier molecular flexibility index (Phi) is 10.3. The van der Waals surface area contributed by atoms with Gasteiger partial charge in [0.05, 0.1) is 12.6 Å². The molecular weight excluding hydrogens is 285 g/mol. The Morgan fingerprint density at radius 1 is 1.42 bits per heavy atom. The van der Waals surface area contributed by atoms with Crippen LogP contribution in [0.25, 0.3) is 0 Å². The zero-order valence-corrected chi connectivity index (χ0v) is 12.5. The van der Waals surface area contributed by atoms with E-state index in [1.807, 2.05) is 6.08 Å². The summed E-state index contributed by atoms with van der Waals surface area (Å²) < 4.78 is 15.7.